The summed E-state index contributed by atoms with van der Waals surface area (Å²) < 4.78 is 5.96. The van der Waals surface area contributed by atoms with Crippen molar-refractivity contribution in [2.24, 2.45) is 10.7 Å². The van der Waals surface area contributed by atoms with E-state index in [2.05, 4.69) is 21.9 Å². The number of guanidine groups is 1. The highest BCUT2D eigenvalue weighted by molar-refractivity contribution is 5.78. The molecule has 0 amide bonds. The third-order valence-corrected chi connectivity index (χ3v) is 3.64. The van der Waals surface area contributed by atoms with E-state index in [4.69, 9.17) is 10.5 Å². The molecule has 0 aromatic carbocycles. The van der Waals surface area contributed by atoms with E-state index in [0.29, 0.717) is 31.0 Å². The van der Waals surface area contributed by atoms with Gasteiger partial charge in [0.2, 0.25) is 5.88 Å². The van der Waals surface area contributed by atoms with Crippen LogP contribution >= 0.6 is 0 Å². The molecular weight excluding hydrogens is 276 g/mol. The van der Waals surface area contributed by atoms with Gasteiger partial charge >= 0.3 is 0 Å². The molecule has 3 N–H and O–H groups in total. The largest absolute Gasteiger partial charge is 0.474 e. The minimum atomic E-state index is 0.308. The second kappa shape index (κ2) is 8.41. The lowest BCUT2D eigenvalue weighted by Crippen LogP contribution is -2.32. The Morgan fingerprint density at radius 2 is 2.23 bits per heavy atom. The maximum atomic E-state index is 5.96. The van der Waals surface area contributed by atoms with E-state index in [1.165, 1.54) is 19.3 Å². The molecule has 1 fully saturated rings. The van der Waals surface area contributed by atoms with Gasteiger partial charge in [-0.15, -0.1) is 0 Å². The molecule has 0 aliphatic heterocycles. The van der Waals surface area contributed by atoms with Gasteiger partial charge in [0.15, 0.2) is 5.96 Å². The number of nitrogens with zero attached hydrogens (tertiary/aromatic N) is 2. The van der Waals surface area contributed by atoms with Crippen molar-refractivity contribution in [1.29, 1.82) is 0 Å². The van der Waals surface area contributed by atoms with Gasteiger partial charge in [-0.05, 0) is 44.2 Å². The predicted octanol–water partition coefficient (Wildman–Crippen LogP) is 2.77. The average molecular weight is 302 g/mol. The first kappa shape index (κ1) is 16.3. The van der Waals surface area contributed by atoms with Gasteiger partial charge in [0.05, 0.1) is 6.54 Å². The predicted molar refractivity (Wildman–Crippen MR) is 89.9 cm³/mol. The van der Waals surface area contributed by atoms with Crippen molar-refractivity contribution in [2.75, 3.05) is 6.54 Å². The van der Waals surface area contributed by atoms with Crippen molar-refractivity contribution in [3.05, 3.63) is 36.0 Å². The molecule has 0 radical (unpaired) electrons. The summed E-state index contributed by atoms with van der Waals surface area (Å²) in [6.45, 7) is 6.91. The molecule has 0 atom stereocenters. The number of nitrogens with one attached hydrogen (secondary N) is 1. The first-order valence-corrected chi connectivity index (χ1v) is 7.93. The highest BCUT2D eigenvalue weighted by Crippen LogP contribution is 2.22. The SMILES string of the molecule is C=C(C)CNC(N)=NCc1ccnc(OC2CCCCC2)c1. The summed E-state index contributed by atoms with van der Waals surface area (Å²) >= 11 is 0. The average Bonchev–Trinajstić information content (AvgIpc) is 2.52. The molecule has 0 saturated heterocycles. The molecule has 5 heteroatoms. The van der Waals surface area contributed by atoms with Crippen molar-refractivity contribution in [1.82, 2.24) is 10.3 Å². The molecule has 0 unspecified atom stereocenters. The van der Waals surface area contributed by atoms with Gasteiger partial charge in [-0.2, -0.15) is 0 Å². The zero-order chi connectivity index (χ0) is 15.8. The highest BCUT2D eigenvalue weighted by atomic mass is 16.5. The number of ether oxygens (including phenoxy) is 1. The Morgan fingerprint density at radius 1 is 1.45 bits per heavy atom. The van der Waals surface area contributed by atoms with Crippen molar-refractivity contribution in [2.45, 2.75) is 51.7 Å². The van der Waals surface area contributed by atoms with Gasteiger partial charge in [-0.3, -0.25) is 0 Å². The lowest BCUT2D eigenvalue weighted by molar-refractivity contribution is 0.148. The Kier molecular flexibility index (Phi) is 6.25. The van der Waals surface area contributed by atoms with Crippen molar-refractivity contribution < 1.29 is 4.74 Å². The number of nitrogens with two attached hydrogens (primary N) is 1. The van der Waals surface area contributed by atoms with Crippen molar-refractivity contribution >= 4 is 5.96 Å². The van der Waals surface area contributed by atoms with Crippen LogP contribution < -0.4 is 15.8 Å². The number of hydrogen-bond acceptors (Lipinski definition) is 3. The Morgan fingerprint density at radius 3 is 2.95 bits per heavy atom. The molecule has 120 valence electrons. The van der Waals surface area contributed by atoms with E-state index in [-0.39, 0.29) is 0 Å². The van der Waals surface area contributed by atoms with E-state index < -0.39 is 0 Å². The summed E-state index contributed by atoms with van der Waals surface area (Å²) in [5, 5.41) is 3.01. The molecule has 1 aliphatic rings. The summed E-state index contributed by atoms with van der Waals surface area (Å²) in [6.07, 6.45) is 8.14. The first-order valence-electron chi connectivity index (χ1n) is 7.93. The smallest absolute Gasteiger partial charge is 0.213 e. The van der Waals surface area contributed by atoms with Gasteiger partial charge in [0.25, 0.3) is 0 Å². The monoisotopic (exact) mass is 302 g/mol. The summed E-state index contributed by atoms with van der Waals surface area (Å²) in [4.78, 5) is 8.60. The van der Waals surface area contributed by atoms with Gasteiger partial charge in [-0.1, -0.05) is 18.6 Å². The Hall–Kier alpha value is -2.04. The van der Waals surface area contributed by atoms with Crippen LogP contribution in [0.4, 0.5) is 0 Å². The molecule has 2 rings (SSSR count). The van der Waals surface area contributed by atoms with Gasteiger partial charge in [-0.25, -0.2) is 9.98 Å². The highest BCUT2D eigenvalue weighted by Gasteiger charge is 2.15. The number of rotatable bonds is 6. The third-order valence-electron chi connectivity index (χ3n) is 3.64. The summed E-state index contributed by atoms with van der Waals surface area (Å²) in [5.74, 6) is 1.11. The Balaban J connectivity index is 1.87. The Bertz CT molecular complexity index is 521. The maximum Gasteiger partial charge on any atom is 0.213 e. The fourth-order valence-electron chi connectivity index (χ4n) is 2.44. The topological polar surface area (TPSA) is 72.5 Å². The lowest BCUT2D eigenvalue weighted by Gasteiger charge is -2.22. The zero-order valence-corrected chi connectivity index (χ0v) is 13.3. The Labute approximate surface area is 132 Å². The molecule has 5 nitrogen and oxygen atoms in total. The standard InChI is InChI=1S/C17H26N4O/c1-13(2)11-20-17(18)21-12-14-8-9-19-16(10-14)22-15-6-4-3-5-7-15/h8-10,15H,1,3-7,11-12H2,2H3,(H3,18,20,21). The molecule has 0 bridgehead atoms. The van der Waals surface area contributed by atoms with Crippen LogP contribution in [0.5, 0.6) is 5.88 Å². The molecule has 1 aromatic rings. The van der Waals surface area contributed by atoms with Crippen LogP contribution in [0, 0.1) is 0 Å². The molecular formula is C17H26N4O. The summed E-state index contributed by atoms with van der Waals surface area (Å²) in [7, 11) is 0. The molecule has 1 saturated carbocycles. The number of aliphatic imine (C=N–C) groups is 1. The van der Waals surface area contributed by atoms with Crippen LogP contribution in [-0.2, 0) is 6.54 Å². The van der Waals surface area contributed by atoms with Crippen LogP contribution in [0.1, 0.15) is 44.6 Å². The van der Waals surface area contributed by atoms with Crippen molar-refractivity contribution in [3.63, 3.8) is 0 Å². The summed E-state index contributed by atoms with van der Waals surface area (Å²) in [5.41, 5.74) is 7.87. The van der Waals surface area contributed by atoms with E-state index in [9.17, 15) is 0 Å². The minimum Gasteiger partial charge on any atom is -0.474 e. The number of hydrogen-bond donors (Lipinski definition) is 2. The second-order valence-electron chi connectivity index (χ2n) is 5.89. The quantitative estimate of drug-likeness (QED) is 0.481. The zero-order valence-electron chi connectivity index (χ0n) is 13.3. The van der Waals surface area contributed by atoms with Crippen LogP contribution in [0.3, 0.4) is 0 Å². The van der Waals surface area contributed by atoms with Crippen molar-refractivity contribution in [3.8, 4) is 5.88 Å². The molecule has 1 aromatic heterocycles. The second-order valence-corrected chi connectivity index (χ2v) is 5.89. The van der Waals surface area contributed by atoms with Gasteiger partial charge in [0.1, 0.15) is 6.10 Å². The van der Waals surface area contributed by atoms with E-state index in [0.717, 1.165) is 24.0 Å². The van der Waals surface area contributed by atoms with E-state index >= 15 is 0 Å². The fraction of sp³-hybridized carbons (Fsp3) is 0.529. The lowest BCUT2D eigenvalue weighted by atomic mass is 9.98. The maximum absolute atomic E-state index is 5.96. The summed E-state index contributed by atoms with van der Waals surface area (Å²) in [6, 6.07) is 3.88. The molecule has 1 heterocycles. The van der Waals surface area contributed by atoms with Gasteiger partial charge < -0.3 is 15.8 Å². The molecule has 0 spiro atoms. The third kappa shape index (κ3) is 5.76. The van der Waals surface area contributed by atoms with E-state index in [1.807, 2.05) is 19.1 Å². The van der Waals surface area contributed by atoms with E-state index in [1.54, 1.807) is 6.20 Å². The number of aromatic nitrogens is 1. The van der Waals surface area contributed by atoms with Gasteiger partial charge in [0, 0.05) is 18.8 Å². The first-order chi connectivity index (χ1) is 10.6. The van der Waals surface area contributed by atoms with Crippen LogP contribution in [0.2, 0.25) is 0 Å². The normalized spacial score (nSPS) is 16.3. The van der Waals surface area contributed by atoms with Crippen LogP contribution in [0.15, 0.2) is 35.5 Å². The fourth-order valence-corrected chi connectivity index (χ4v) is 2.44. The van der Waals surface area contributed by atoms with Crippen LogP contribution in [0.25, 0.3) is 0 Å². The minimum absolute atomic E-state index is 0.308. The number of pyridine rings is 1. The van der Waals surface area contributed by atoms with Crippen LogP contribution in [-0.4, -0.2) is 23.6 Å². The molecule has 22 heavy (non-hydrogen) atoms. The molecule has 1 aliphatic carbocycles.